The van der Waals surface area contributed by atoms with Gasteiger partial charge in [0.15, 0.2) is 0 Å². The van der Waals surface area contributed by atoms with Crippen LogP contribution in [-0.4, -0.2) is 71.4 Å². The molecule has 2 unspecified atom stereocenters. The highest BCUT2D eigenvalue weighted by Gasteiger charge is 2.45. The van der Waals surface area contributed by atoms with Gasteiger partial charge >= 0.3 is 34.2 Å². The molecule has 0 N–H and O–H groups in total. The molecule has 0 aliphatic carbocycles. The monoisotopic (exact) mass is 550 g/mol. The molecule has 0 saturated heterocycles. The minimum atomic E-state index is -2.58. The van der Waals surface area contributed by atoms with E-state index >= 15 is 0 Å². The average Bonchev–Trinajstić information content (AvgIpc) is 2.58. The fraction of sp³-hybridized carbons (Fsp3) is 0.778. The molecule has 0 spiro atoms. The lowest BCUT2D eigenvalue weighted by Gasteiger charge is -2.41. The molecule has 0 aliphatic rings. The van der Waals surface area contributed by atoms with Crippen molar-refractivity contribution in [3.8, 4) is 0 Å². The molecule has 0 aliphatic heterocycles. The third kappa shape index (κ3) is 15.0. The maximum Gasteiger partial charge on any atom is 0.323 e. The fourth-order valence-corrected chi connectivity index (χ4v) is 21.3. The molecular weight excluding hydrogens is 511 g/mol. The summed E-state index contributed by atoms with van der Waals surface area (Å²) in [4.78, 5) is 0. The zero-order chi connectivity index (χ0) is 24.3. The van der Waals surface area contributed by atoms with Crippen molar-refractivity contribution >= 4 is 57.4 Å². The molecule has 0 heterocycles. The number of alkyl halides is 2. The van der Waals surface area contributed by atoms with Crippen LogP contribution >= 0.6 is 23.2 Å². The van der Waals surface area contributed by atoms with Gasteiger partial charge in [-0.1, -0.05) is 13.2 Å². The Kier molecular flexibility index (Phi) is 14.0. The molecule has 184 valence electrons. The van der Waals surface area contributed by atoms with Gasteiger partial charge in [-0.2, -0.15) is 0 Å². The Hall–Kier alpha value is 0.328. The first-order valence-corrected chi connectivity index (χ1v) is 22.5. The van der Waals surface area contributed by atoms with Crippen molar-refractivity contribution in [3.05, 3.63) is 25.7 Å². The standard InChI is InChI=1S/C18H40Cl2O7Si4/c1-11-21-15-17(13-19)23-28(3,4)25-30(7,8)27-31(9,10)26-29(5,6)24-18(14-20)16-22-12-2/h11-12,17-18H,1-2,13-16H2,3-10H3. The Morgan fingerprint density at radius 3 is 1.16 bits per heavy atom. The van der Waals surface area contributed by atoms with Crippen LogP contribution in [0.2, 0.25) is 52.4 Å². The highest BCUT2D eigenvalue weighted by atomic mass is 35.5. The van der Waals surface area contributed by atoms with Crippen LogP contribution in [0.25, 0.3) is 0 Å². The van der Waals surface area contributed by atoms with Gasteiger partial charge in [-0.15, -0.1) is 23.2 Å². The average molecular weight is 552 g/mol. The van der Waals surface area contributed by atoms with Gasteiger partial charge in [0.25, 0.3) is 0 Å². The van der Waals surface area contributed by atoms with E-state index in [1.54, 1.807) is 0 Å². The van der Waals surface area contributed by atoms with E-state index in [2.05, 4.69) is 13.2 Å². The van der Waals surface area contributed by atoms with Gasteiger partial charge in [0.1, 0.15) is 13.2 Å². The van der Waals surface area contributed by atoms with Gasteiger partial charge in [-0.3, -0.25) is 0 Å². The van der Waals surface area contributed by atoms with Crippen LogP contribution in [-0.2, 0) is 30.7 Å². The molecule has 0 saturated carbocycles. The van der Waals surface area contributed by atoms with E-state index in [-0.39, 0.29) is 12.2 Å². The minimum Gasteiger partial charge on any atom is -0.499 e. The molecular formula is C18H40Cl2O7Si4. The van der Waals surface area contributed by atoms with Crippen LogP contribution in [0.5, 0.6) is 0 Å². The van der Waals surface area contributed by atoms with E-state index in [0.717, 1.165) is 0 Å². The van der Waals surface area contributed by atoms with Crippen molar-refractivity contribution in [1.82, 2.24) is 0 Å². The second kappa shape index (κ2) is 13.9. The van der Waals surface area contributed by atoms with E-state index in [9.17, 15) is 0 Å². The van der Waals surface area contributed by atoms with E-state index in [1.165, 1.54) is 12.5 Å². The summed E-state index contributed by atoms with van der Waals surface area (Å²) in [5.74, 6) is 0.600. The van der Waals surface area contributed by atoms with Crippen LogP contribution < -0.4 is 0 Å². The number of hydrogen-bond donors (Lipinski definition) is 0. The van der Waals surface area contributed by atoms with Gasteiger partial charge in [0, 0.05) is 0 Å². The van der Waals surface area contributed by atoms with Crippen LogP contribution in [0.3, 0.4) is 0 Å². The van der Waals surface area contributed by atoms with E-state index in [1.807, 2.05) is 52.4 Å². The second-order valence-corrected chi connectivity index (χ2v) is 23.4. The molecule has 0 aromatic carbocycles. The molecule has 31 heavy (non-hydrogen) atoms. The Labute approximate surface area is 202 Å². The first kappa shape index (κ1) is 31.3. The van der Waals surface area contributed by atoms with Crippen molar-refractivity contribution in [3.63, 3.8) is 0 Å². The molecule has 0 bridgehead atoms. The quantitative estimate of drug-likeness (QED) is 0.128. The van der Waals surface area contributed by atoms with Crippen molar-refractivity contribution < 1.29 is 30.7 Å². The Bertz CT molecular complexity index is 505. The summed E-state index contributed by atoms with van der Waals surface area (Å²) in [5.41, 5.74) is 0. The fourth-order valence-electron chi connectivity index (χ4n) is 3.24. The molecule has 13 heteroatoms. The number of halogens is 2. The van der Waals surface area contributed by atoms with E-state index in [0.29, 0.717) is 25.0 Å². The lowest BCUT2D eigenvalue weighted by Crippen LogP contribution is -2.58. The van der Waals surface area contributed by atoms with Gasteiger partial charge in [0.2, 0.25) is 0 Å². The Morgan fingerprint density at radius 2 is 0.903 bits per heavy atom. The number of ether oxygens (including phenoxy) is 2. The van der Waals surface area contributed by atoms with Crippen molar-refractivity contribution in [2.75, 3.05) is 25.0 Å². The summed E-state index contributed by atoms with van der Waals surface area (Å²) in [6.45, 7) is 23.6. The van der Waals surface area contributed by atoms with Gasteiger partial charge < -0.3 is 30.7 Å². The van der Waals surface area contributed by atoms with E-state index < -0.39 is 34.2 Å². The molecule has 0 radical (unpaired) electrons. The zero-order valence-corrected chi connectivity index (χ0v) is 25.7. The van der Waals surface area contributed by atoms with Crippen LogP contribution in [0.1, 0.15) is 0 Å². The van der Waals surface area contributed by atoms with Crippen LogP contribution in [0.4, 0.5) is 0 Å². The molecule has 0 fully saturated rings. The number of hydrogen-bond acceptors (Lipinski definition) is 7. The third-order valence-electron chi connectivity index (χ3n) is 3.52. The van der Waals surface area contributed by atoms with Crippen LogP contribution in [0.15, 0.2) is 25.7 Å². The second-order valence-electron chi connectivity index (χ2n) is 8.69. The Morgan fingerprint density at radius 1 is 0.613 bits per heavy atom. The smallest absolute Gasteiger partial charge is 0.323 e. The molecule has 2 atom stereocenters. The third-order valence-corrected chi connectivity index (χ3v) is 17.8. The van der Waals surface area contributed by atoms with Gasteiger partial charge in [-0.05, 0) is 52.4 Å². The highest BCUT2D eigenvalue weighted by molar-refractivity contribution is 6.87. The maximum atomic E-state index is 6.47. The Balaban J connectivity index is 5.03. The van der Waals surface area contributed by atoms with Crippen molar-refractivity contribution in [1.29, 1.82) is 0 Å². The van der Waals surface area contributed by atoms with Crippen molar-refractivity contribution in [2.45, 2.75) is 64.6 Å². The first-order valence-electron chi connectivity index (χ1n) is 10.1. The topological polar surface area (TPSA) is 64.6 Å². The van der Waals surface area contributed by atoms with Gasteiger partial charge in [-0.25, -0.2) is 0 Å². The summed E-state index contributed by atoms with van der Waals surface area (Å²) in [7, 11) is -10.2. The van der Waals surface area contributed by atoms with E-state index in [4.69, 9.17) is 53.9 Å². The lowest BCUT2D eigenvalue weighted by molar-refractivity contribution is 0.0882. The summed E-state index contributed by atoms with van der Waals surface area (Å²) >= 11 is 12.0. The predicted octanol–water partition coefficient (Wildman–Crippen LogP) is 5.41. The molecule has 0 aromatic heterocycles. The molecule has 0 rings (SSSR count). The first-order chi connectivity index (χ1) is 14.1. The maximum absolute atomic E-state index is 6.47. The molecule has 0 amide bonds. The lowest BCUT2D eigenvalue weighted by atomic mass is 10.4. The summed E-state index contributed by atoms with van der Waals surface area (Å²) in [6, 6.07) is 0. The largest absolute Gasteiger partial charge is 0.499 e. The van der Waals surface area contributed by atoms with Crippen LogP contribution in [0, 0.1) is 0 Å². The summed E-state index contributed by atoms with van der Waals surface area (Å²) in [5, 5.41) is 0. The van der Waals surface area contributed by atoms with Crippen molar-refractivity contribution in [2.24, 2.45) is 0 Å². The minimum absolute atomic E-state index is 0.280. The molecule has 0 aromatic rings. The highest BCUT2D eigenvalue weighted by Crippen LogP contribution is 2.26. The normalized spacial score (nSPS) is 15.3. The summed E-state index contributed by atoms with van der Waals surface area (Å²) < 4.78 is 42.0. The summed E-state index contributed by atoms with van der Waals surface area (Å²) in [6.07, 6.45) is 2.19. The SMILES string of the molecule is C=COCC(CCl)O[Si](C)(C)O[Si](C)(C)O[Si](C)(C)O[Si](C)(C)OC(CCl)COC=C. The molecule has 7 nitrogen and oxygen atoms in total. The predicted molar refractivity (Wildman–Crippen MR) is 137 cm³/mol. The number of rotatable bonds is 18. The van der Waals surface area contributed by atoms with Gasteiger partial charge in [0.05, 0.1) is 36.5 Å². The zero-order valence-electron chi connectivity index (χ0n) is 20.2.